The van der Waals surface area contributed by atoms with Crippen molar-refractivity contribution in [1.29, 1.82) is 0 Å². The van der Waals surface area contributed by atoms with Crippen molar-refractivity contribution in [2.45, 2.75) is 89.5 Å². The van der Waals surface area contributed by atoms with Gasteiger partial charge in [-0.25, -0.2) is 0 Å². The smallest absolute Gasteiger partial charge is 0.312 e. The molecule has 0 saturated carbocycles. The van der Waals surface area contributed by atoms with Gasteiger partial charge in [-0.2, -0.15) is 0 Å². The van der Waals surface area contributed by atoms with E-state index in [1.165, 1.54) is 0 Å². The van der Waals surface area contributed by atoms with E-state index in [0.717, 1.165) is 19.3 Å². The van der Waals surface area contributed by atoms with Crippen LogP contribution in [0.5, 0.6) is 0 Å². The third kappa shape index (κ3) is 3.96. The van der Waals surface area contributed by atoms with Crippen molar-refractivity contribution >= 4 is 17.8 Å². The molecule has 3 saturated heterocycles. The van der Waals surface area contributed by atoms with E-state index < -0.39 is 29.4 Å². The number of esters is 1. The van der Waals surface area contributed by atoms with Crippen LogP contribution >= 0.6 is 0 Å². The highest BCUT2D eigenvalue weighted by Gasteiger charge is 2.74. The summed E-state index contributed by atoms with van der Waals surface area (Å²) in [6, 6.07) is -0.725. The van der Waals surface area contributed by atoms with Gasteiger partial charge in [-0.3, -0.25) is 14.4 Å². The predicted molar refractivity (Wildman–Crippen MR) is 109 cm³/mol. The van der Waals surface area contributed by atoms with Crippen LogP contribution in [0.3, 0.4) is 0 Å². The number of rotatable bonds is 11. The molecule has 2 N–H and O–H groups in total. The van der Waals surface area contributed by atoms with Crippen LogP contribution in [0.4, 0.5) is 0 Å². The second kappa shape index (κ2) is 9.64. The first-order valence-electron chi connectivity index (χ1n) is 11.5. The molecule has 3 heterocycles. The normalized spacial score (nSPS) is 32.9. The molecular formula is C22H36N2O6. The van der Waals surface area contributed by atoms with Gasteiger partial charge < -0.3 is 24.8 Å². The molecule has 0 radical (unpaired) electrons. The molecule has 3 fully saturated rings. The Balaban J connectivity index is 1.87. The summed E-state index contributed by atoms with van der Waals surface area (Å²) in [6.45, 7) is 6.55. The number of fused-ring (bicyclic) bond motifs is 1. The molecule has 1 unspecified atom stereocenters. The number of unbranched alkanes of at least 4 members (excludes halogenated alkanes) is 2. The number of amides is 2. The number of hydrogen-bond acceptors (Lipinski definition) is 6. The first kappa shape index (κ1) is 23.0. The minimum absolute atomic E-state index is 0.00347. The summed E-state index contributed by atoms with van der Waals surface area (Å²) in [4.78, 5) is 41.1. The Kier molecular flexibility index (Phi) is 7.39. The lowest BCUT2D eigenvalue weighted by atomic mass is 9.70. The van der Waals surface area contributed by atoms with Crippen LogP contribution in [0.2, 0.25) is 0 Å². The number of carbonyl (C=O) groups excluding carboxylic acids is 3. The Morgan fingerprint density at radius 2 is 2.10 bits per heavy atom. The molecule has 6 atom stereocenters. The van der Waals surface area contributed by atoms with E-state index in [1.54, 1.807) is 11.8 Å². The van der Waals surface area contributed by atoms with Crippen molar-refractivity contribution in [1.82, 2.24) is 10.2 Å². The SMILES string of the molecule is CCCC(C)NC(=O)[C@H]1N(CCCCCO)C(=O)[C@@H]2[C@@H](C(=O)OCC)[C@H]3CC[C@]21O3. The molecule has 1 spiro atoms. The van der Waals surface area contributed by atoms with E-state index in [4.69, 9.17) is 14.6 Å². The van der Waals surface area contributed by atoms with Crippen molar-refractivity contribution in [2.75, 3.05) is 19.8 Å². The second-order valence-corrected chi connectivity index (χ2v) is 8.82. The maximum atomic E-state index is 13.5. The highest BCUT2D eigenvalue weighted by molar-refractivity contribution is 5.98. The quantitative estimate of drug-likeness (QED) is 0.384. The molecular weight excluding hydrogens is 388 g/mol. The Bertz CT molecular complexity index is 656. The maximum Gasteiger partial charge on any atom is 0.312 e. The van der Waals surface area contributed by atoms with Crippen LogP contribution in [0, 0.1) is 11.8 Å². The molecule has 30 heavy (non-hydrogen) atoms. The van der Waals surface area contributed by atoms with Crippen LogP contribution in [0.25, 0.3) is 0 Å². The molecule has 3 rings (SSSR count). The number of nitrogens with zero attached hydrogens (tertiary/aromatic N) is 1. The summed E-state index contributed by atoms with van der Waals surface area (Å²) >= 11 is 0. The van der Waals surface area contributed by atoms with Crippen LogP contribution in [0.1, 0.15) is 65.7 Å². The largest absolute Gasteiger partial charge is 0.466 e. The average molecular weight is 425 g/mol. The molecule has 0 aromatic rings. The number of nitrogens with one attached hydrogen (secondary N) is 1. The Morgan fingerprint density at radius 3 is 2.77 bits per heavy atom. The minimum Gasteiger partial charge on any atom is -0.466 e. The predicted octanol–water partition coefficient (Wildman–Crippen LogP) is 1.39. The fourth-order valence-corrected chi connectivity index (χ4v) is 5.60. The van der Waals surface area contributed by atoms with E-state index >= 15 is 0 Å². The monoisotopic (exact) mass is 424 g/mol. The number of aliphatic hydroxyl groups is 1. The molecule has 2 bridgehead atoms. The molecule has 3 aliphatic rings. The summed E-state index contributed by atoms with van der Waals surface area (Å²) in [6.07, 6.45) is 4.81. The van der Waals surface area contributed by atoms with Crippen molar-refractivity contribution in [2.24, 2.45) is 11.8 Å². The molecule has 2 amide bonds. The van der Waals surface area contributed by atoms with Crippen molar-refractivity contribution < 1.29 is 29.0 Å². The molecule has 8 nitrogen and oxygen atoms in total. The highest BCUT2D eigenvalue weighted by Crippen LogP contribution is 2.58. The third-order valence-corrected chi connectivity index (χ3v) is 6.77. The van der Waals surface area contributed by atoms with Gasteiger partial charge in [-0.15, -0.1) is 0 Å². The third-order valence-electron chi connectivity index (χ3n) is 6.77. The molecule has 0 aliphatic carbocycles. The number of likely N-dealkylation sites (tertiary alicyclic amines) is 1. The van der Waals surface area contributed by atoms with Crippen molar-refractivity contribution in [3.05, 3.63) is 0 Å². The number of aliphatic hydroxyl groups excluding tert-OH is 1. The Labute approximate surface area is 178 Å². The summed E-state index contributed by atoms with van der Waals surface area (Å²) in [5, 5.41) is 12.1. The molecule has 0 aromatic carbocycles. The highest BCUT2D eigenvalue weighted by atomic mass is 16.6. The van der Waals surface area contributed by atoms with Crippen LogP contribution in [-0.4, -0.2) is 71.3 Å². The maximum absolute atomic E-state index is 13.5. The standard InChI is InChI=1S/C22H36N2O6/c1-4-9-14(3)23-19(26)18-22-11-10-15(30-22)16(21(28)29-5-2)17(22)20(27)24(18)12-7-6-8-13-25/h14-18,25H,4-13H2,1-3H3,(H,23,26)/t14?,15-,16+,17+,18-,22+/m1/s1. The van der Waals surface area contributed by atoms with Gasteiger partial charge in [0.25, 0.3) is 0 Å². The van der Waals surface area contributed by atoms with Gasteiger partial charge >= 0.3 is 5.97 Å². The van der Waals surface area contributed by atoms with E-state index in [2.05, 4.69) is 12.2 Å². The summed E-state index contributed by atoms with van der Waals surface area (Å²) < 4.78 is 11.6. The molecule has 8 heteroatoms. The van der Waals surface area contributed by atoms with Crippen LogP contribution in [-0.2, 0) is 23.9 Å². The van der Waals surface area contributed by atoms with Crippen LogP contribution < -0.4 is 5.32 Å². The van der Waals surface area contributed by atoms with Gasteiger partial charge in [-0.05, 0) is 52.4 Å². The lowest BCUT2D eigenvalue weighted by Gasteiger charge is -2.34. The van der Waals surface area contributed by atoms with Gasteiger partial charge in [0.15, 0.2) is 0 Å². The van der Waals surface area contributed by atoms with Gasteiger partial charge in [0.05, 0.1) is 24.5 Å². The first-order valence-corrected chi connectivity index (χ1v) is 11.5. The zero-order valence-corrected chi connectivity index (χ0v) is 18.4. The van der Waals surface area contributed by atoms with E-state index in [9.17, 15) is 14.4 Å². The van der Waals surface area contributed by atoms with Crippen molar-refractivity contribution in [3.63, 3.8) is 0 Å². The van der Waals surface area contributed by atoms with Gasteiger partial charge in [-0.1, -0.05) is 13.3 Å². The molecule has 170 valence electrons. The average Bonchev–Trinajstić information content (AvgIpc) is 3.33. The fourth-order valence-electron chi connectivity index (χ4n) is 5.60. The molecule has 3 aliphatic heterocycles. The first-order chi connectivity index (χ1) is 14.4. The number of ether oxygens (including phenoxy) is 2. The number of carbonyl (C=O) groups is 3. The van der Waals surface area contributed by atoms with E-state index in [1.807, 2.05) is 6.92 Å². The Hall–Kier alpha value is -1.67. The fraction of sp³-hybridized carbons (Fsp3) is 0.864. The van der Waals surface area contributed by atoms with Gasteiger partial charge in [0, 0.05) is 19.2 Å². The van der Waals surface area contributed by atoms with E-state index in [-0.39, 0.29) is 37.2 Å². The van der Waals surface area contributed by atoms with Crippen LogP contribution in [0.15, 0.2) is 0 Å². The lowest BCUT2D eigenvalue weighted by molar-refractivity contribution is -0.154. The van der Waals surface area contributed by atoms with Crippen molar-refractivity contribution in [3.8, 4) is 0 Å². The zero-order chi connectivity index (χ0) is 21.9. The minimum atomic E-state index is -0.952. The topological polar surface area (TPSA) is 105 Å². The summed E-state index contributed by atoms with van der Waals surface area (Å²) in [7, 11) is 0. The van der Waals surface area contributed by atoms with Gasteiger partial charge in [0.2, 0.25) is 11.8 Å². The summed E-state index contributed by atoms with van der Waals surface area (Å²) in [5.74, 6) is -2.08. The van der Waals surface area contributed by atoms with Gasteiger partial charge in [0.1, 0.15) is 11.6 Å². The Morgan fingerprint density at radius 1 is 1.33 bits per heavy atom. The number of hydrogen-bond donors (Lipinski definition) is 2. The molecule has 0 aromatic heterocycles. The lowest BCUT2D eigenvalue weighted by Crippen LogP contribution is -2.56. The summed E-state index contributed by atoms with van der Waals surface area (Å²) in [5.41, 5.74) is -0.952. The zero-order valence-electron chi connectivity index (χ0n) is 18.4. The van der Waals surface area contributed by atoms with E-state index in [0.29, 0.717) is 32.2 Å². The second-order valence-electron chi connectivity index (χ2n) is 8.82.